The summed E-state index contributed by atoms with van der Waals surface area (Å²) in [7, 11) is 0.905. The van der Waals surface area contributed by atoms with E-state index in [1.165, 1.54) is 0 Å². The number of hydrogen-bond acceptors (Lipinski definition) is 3. The highest BCUT2D eigenvalue weighted by Crippen LogP contribution is 2.43. The van der Waals surface area contributed by atoms with Crippen LogP contribution in [0.1, 0.15) is 6.92 Å². The van der Waals surface area contributed by atoms with E-state index in [9.17, 15) is 9.79 Å². The van der Waals surface area contributed by atoms with Crippen LogP contribution in [0.15, 0.2) is 65.6 Å². The molecule has 1 heterocycles. The van der Waals surface area contributed by atoms with Crippen molar-refractivity contribution in [2.45, 2.75) is 11.8 Å². The van der Waals surface area contributed by atoms with Crippen LogP contribution in [-0.4, -0.2) is 21.4 Å². The first-order valence-electron chi connectivity index (χ1n) is 7.39. The lowest BCUT2D eigenvalue weighted by molar-refractivity contribution is 0.327. The van der Waals surface area contributed by atoms with Crippen molar-refractivity contribution in [2.24, 2.45) is 0 Å². The third-order valence-electron chi connectivity index (χ3n) is 3.13. The van der Waals surface area contributed by atoms with Gasteiger partial charge in [0.15, 0.2) is 5.75 Å². The number of nitrogens with zero attached hydrogens (tertiary/aromatic N) is 1. The smallest absolute Gasteiger partial charge is 0.478 e. The van der Waals surface area contributed by atoms with Gasteiger partial charge in [-0.2, -0.15) is 0 Å². The molecule has 0 spiro atoms. The number of rotatable bonds is 5. The Morgan fingerprint density at radius 3 is 2.54 bits per heavy atom. The maximum absolute atomic E-state index is 10.3. The summed E-state index contributed by atoms with van der Waals surface area (Å²) in [6.45, 7) is -1.31. The minimum atomic E-state index is -3.69. The molecule has 0 aliphatic rings. The minimum absolute atomic E-state index is 0.316. The molecule has 0 fully saturated rings. The molecule has 2 N–H and O–H groups in total. The van der Waals surface area contributed by atoms with Gasteiger partial charge in [-0.1, -0.05) is 30.3 Å². The molecular weight excluding hydrogens is 345 g/mol. The van der Waals surface area contributed by atoms with Crippen LogP contribution >= 0.6 is 6.72 Å². The first-order chi connectivity index (χ1) is 11.6. The molecule has 0 bridgehead atoms. The Bertz CT molecular complexity index is 895. The zero-order valence-electron chi connectivity index (χ0n) is 13.0. The van der Waals surface area contributed by atoms with Crippen LogP contribution in [0.5, 0.6) is 11.6 Å². The first kappa shape index (κ1) is 16.9. The van der Waals surface area contributed by atoms with Crippen molar-refractivity contribution in [3.63, 3.8) is 0 Å². The molecule has 0 saturated heterocycles. The minimum Gasteiger partial charge on any atom is -0.478 e. The molecule has 3 rings (SSSR count). The normalized spacial score (nSPS) is 11.3. The Kier molecular flexibility index (Phi) is 5.11. The van der Waals surface area contributed by atoms with Crippen LogP contribution in [0.3, 0.4) is 0 Å². The predicted octanol–water partition coefficient (Wildman–Crippen LogP) is 3.82. The average Bonchev–Trinajstić information content (AvgIpc) is 2.56. The zero-order chi connectivity index (χ0) is 17.0. The van der Waals surface area contributed by atoms with Gasteiger partial charge in [-0.3, -0.25) is 9.79 Å². The molecule has 124 valence electrons. The largest absolute Gasteiger partial charge is 0.578 e. The van der Waals surface area contributed by atoms with Gasteiger partial charge in [-0.15, -0.1) is 0 Å². The van der Waals surface area contributed by atoms with Crippen LogP contribution in [0, 0.1) is 0 Å². The fraction of sp³-hybridized carbons (Fsp3) is 0.118. The Labute approximate surface area is 143 Å². The molecule has 0 radical (unpaired) electrons. The number of fused-ring (bicyclic) bond motifs is 1. The number of aromatic nitrogens is 1. The van der Waals surface area contributed by atoms with Crippen molar-refractivity contribution in [3.05, 3.63) is 60.7 Å². The second-order valence-electron chi connectivity index (χ2n) is 4.90. The fourth-order valence-electron chi connectivity index (χ4n) is 2.17. The summed E-state index contributed by atoms with van der Waals surface area (Å²) in [5.74, 6) is 0.785. The van der Waals surface area contributed by atoms with Crippen LogP contribution < -0.4 is 9.26 Å². The molecule has 2 aromatic carbocycles. The van der Waals surface area contributed by atoms with Crippen LogP contribution in [0.4, 0.5) is 0 Å². The monoisotopic (exact) mass is 362 g/mol. The van der Waals surface area contributed by atoms with Crippen molar-refractivity contribution < 1.29 is 19.0 Å². The average molecular weight is 362 g/mol. The van der Waals surface area contributed by atoms with E-state index in [1.807, 2.05) is 37.3 Å². The maximum atomic E-state index is 10.3. The van der Waals surface area contributed by atoms with Gasteiger partial charge in [0.25, 0.3) is 10.9 Å². The van der Waals surface area contributed by atoms with Gasteiger partial charge in [-0.05, 0) is 19.1 Å². The molecule has 5 nitrogen and oxygen atoms in total. The second-order valence-corrected chi connectivity index (χ2v) is 8.69. The summed E-state index contributed by atoms with van der Waals surface area (Å²) in [5, 5.41) is 0.834. The molecule has 0 atom stereocenters. The van der Waals surface area contributed by atoms with Crippen LogP contribution in [-0.2, 0) is 10.9 Å². The highest BCUT2D eigenvalue weighted by molar-refractivity contribution is 8.17. The van der Waals surface area contributed by atoms with Gasteiger partial charge in [-0.25, -0.2) is 4.98 Å². The fourth-order valence-corrected chi connectivity index (χ4v) is 4.71. The van der Waals surface area contributed by atoms with E-state index in [-0.39, 0.29) is 0 Å². The summed E-state index contributed by atoms with van der Waals surface area (Å²) in [6.07, 6.45) is 0. The van der Waals surface area contributed by atoms with Gasteiger partial charge >= 0.3 is 6.72 Å². The van der Waals surface area contributed by atoms with E-state index in [2.05, 4.69) is 4.98 Å². The molecule has 7 heteroatoms. The van der Waals surface area contributed by atoms with Gasteiger partial charge in [0.2, 0.25) is 10.8 Å². The second kappa shape index (κ2) is 7.28. The molecule has 0 aliphatic carbocycles. The number of ether oxygens (including phenoxy) is 1. The number of para-hydroxylation sites is 1. The standard InChI is InChI=1S/C17H17NO4PS/c1-2-21-16-12-11-13-7-6-10-15(17(13)18-16)22-23(19,20)24-14-8-4-3-5-9-14/h3-12,19-20H,2H2,1H3/q+1. The van der Waals surface area contributed by atoms with E-state index in [0.29, 0.717) is 23.8 Å². The molecular formula is C17H17NO4PS+. The van der Waals surface area contributed by atoms with E-state index in [1.54, 1.807) is 30.3 Å². The van der Waals surface area contributed by atoms with Crippen molar-refractivity contribution in [1.29, 1.82) is 0 Å². The molecule has 0 saturated carbocycles. The Morgan fingerprint density at radius 2 is 1.79 bits per heavy atom. The summed E-state index contributed by atoms with van der Waals surface area (Å²) < 4.78 is 10.9. The Hall–Kier alpha value is -1.98. The van der Waals surface area contributed by atoms with Crippen molar-refractivity contribution in [3.8, 4) is 11.6 Å². The van der Waals surface area contributed by atoms with Crippen LogP contribution in [0.2, 0.25) is 0 Å². The third kappa shape index (κ3) is 4.10. The molecule has 0 unspecified atom stereocenters. The lowest BCUT2D eigenvalue weighted by Gasteiger charge is -2.09. The number of benzene rings is 2. The lowest BCUT2D eigenvalue weighted by Crippen LogP contribution is -1.97. The Balaban J connectivity index is 1.99. The highest BCUT2D eigenvalue weighted by atomic mass is 32.5. The van der Waals surface area contributed by atoms with Crippen molar-refractivity contribution in [1.82, 2.24) is 4.98 Å². The first-order valence-corrected chi connectivity index (χ1v) is 10.4. The zero-order valence-corrected chi connectivity index (χ0v) is 14.7. The van der Waals surface area contributed by atoms with Crippen molar-refractivity contribution in [2.75, 3.05) is 6.61 Å². The van der Waals surface area contributed by atoms with Gasteiger partial charge in [0.05, 0.1) is 6.61 Å². The Morgan fingerprint density at radius 1 is 1.00 bits per heavy atom. The summed E-state index contributed by atoms with van der Waals surface area (Å²) in [4.78, 5) is 25.7. The van der Waals surface area contributed by atoms with Gasteiger partial charge in [0.1, 0.15) is 5.52 Å². The van der Waals surface area contributed by atoms with Crippen molar-refractivity contribution >= 4 is 28.6 Å². The molecule has 3 aromatic rings. The van der Waals surface area contributed by atoms with Crippen LogP contribution in [0.25, 0.3) is 10.9 Å². The molecule has 0 amide bonds. The molecule has 24 heavy (non-hydrogen) atoms. The summed E-state index contributed by atoms with van der Waals surface area (Å²) in [5.41, 5.74) is 0.532. The quantitative estimate of drug-likeness (QED) is 0.533. The summed E-state index contributed by atoms with van der Waals surface area (Å²) in [6, 6.07) is 18.1. The molecule has 0 aliphatic heterocycles. The predicted molar refractivity (Wildman–Crippen MR) is 97.0 cm³/mol. The van der Waals surface area contributed by atoms with E-state index < -0.39 is 6.72 Å². The topological polar surface area (TPSA) is 71.8 Å². The number of pyridine rings is 1. The SMILES string of the molecule is CCOc1ccc2cccc(OP(O)(O)=[S+]c3ccccc3)c2n1. The van der Waals surface area contributed by atoms with E-state index >= 15 is 0 Å². The summed E-state index contributed by atoms with van der Waals surface area (Å²) >= 11 is 0. The third-order valence-corrected chi connectivity index (χ3v) is 5.86. The van der Waals surface area contributed by atoms with Gasteiger partial charge in [0, 0.05) is 23.6 Å². The lowest BCUT2D eigenvalue weighted by atomic mass is 10.2. The maximum Gasteiger partial charge on any atom is 0.578 e. The molecule has 1 aromatic heterocycles. The number of hydrogen-bond donors (Lipinski definition) is 2. The van der Waals surface area contributed by atoms with E-state index in [0.717, 1.165) is 21.2 Å². The van der Waals surface area contributed by atoms with Gasteiger partial charge < -0.3 is 9.26 Å². The highest BCUT2D eigenvalue weighted by Gasteiger charge is 2.29. The van der Waals surface area contributed by atoms with E-state index in [4.69, 9.17) is 9.26 Å².